The predicted molar refractivity (Wildman–Crippen MR) is 49.4 cm³/mol. The van der Waals surface area contributed by atoms with Gasteiger partial charge in [-0.05, 0) is 18.8 Å². The van der Waals surface area contributed by atoms with Gasteiger partial charge in [0.05, 0.1) is 6.26 Å². The van der Waals surface area contributed by atoms with Crippen LogP contribution in [0.15, 0.2) is 0 Å². The summed E-state index contributed by atoms with van der Waals surface area (Å²) in [5, 5.41) is 0. The monoisotopic (exact) mass is 191 g/mol. The van der Waals surface area contributed by atoms with Gasteiger partial charge in [0, 0.05) is 12.6 Å². The van der Waals surface area contributed by atoms with E-state index in [9.17, 15) is 8.42 Å². The summed E-state index contributed by atoms with van der Waals surface area (Å²) in [7, 11) is -2.96. The average molecular weight is 191 g/mol. The van der Waals surface area contributed by atoms with Crippen LogP contribution in [0.2, 0.25) is 0 Å². The molecule has 0 aromatic carbocycles. The molecule has 1 saturated heterocycles. The number of hydrogen-bond acceptors (Lipinski definition) is 2. The molecule has 12 heavy (non-hydrogen) atoms. The van der Waals surface area contributed by atoms with Gasteiger partial charge < -0.3 is 0 Å². The summed E-state index contributed by atoms with van der Waals surface area (Å²) in [4.78, 5) is 0. The number of hydrogen-bond donors (Lipinski definition) is 0. The second kappa shape index (κ2) is 3.34. The van der Waals surface area contributed by atoms with Crippen molar-refractivity contribution in [1.29, 1.82) is 0 Å². The van der Waals surface area contributed by atoms with Crippen LogP contribution in [0.1, 0.15) is 26.7 Å². The minimum atomic E-state index is -2.96. The van der Waals surface area contributed by atoms with E-state index in [-0.39, 0.29) is 6.04 Å². The fraction of sp³-hybridized carbons (Fsp3) is 1.00. The van der Waals surface area contributed by atoms with Crippen molar-refractivity contribution in [2.45, 2.75) is 32.7 Å². The van der Waals surface area contributed by atoms with Crippen LogP contribution in [0.4, 0.5) is 0 Å². The van der Waals surface area contributed by atoms with Crippen LogP contribution in [0, 0.1) is 5.92 Å². The maximum Gasteiger partial charge on any atom is 0.211 e. The third-order valence-electron chi connectivity index (χ3n) is 2.44. The lowest BCUT2D eigenvalue weighted by molar-refractivity contribution is 0.317. The highest BCUT2D eigenvalue weighted by molar-refractivity contribution is 7.88. The standard InChI is InChI=1S/C8H17NO2S/c1-7(2)8-5-4-6-9(8)12(3,10)11/h7-8H,4-6H2,1-3H3/t8-/m1/s1. The molecular weight excluding hydrogens is 174 g/mol. The molecule has 0 aromatic rings. The Bertz CT molecular complexity index is 246. The molecule has 0 N–H and O–H groups in total. The van der Waals surface area contributed by atoms with Crippen molar-refractivity contribution in [3.8, 4) is 0 Å². The molecule has 1 aliphatic rings. The normalized spacial score (nSPS) is 26.8. The molecule has 72 valence electrons. The van der Waals surface area contributed by atoms with Crippen LogP contribution < -0.4 is 0 Å². The van der Waals surface area contributed by atoms with Crippen LogP contribution in [0.5, 0.6) is 0 Å². The van der Waals surface area contributed by atoms with Crippen molar-refractivity contribution >= 4 is 10.0 Å². The van der Waals surface area contributed by atoms with E-state index in [0.29, 0.717) is 12.5 Å². The summed E-state index contributed by atoms with van der Waals surface area (Å²) in [5.74, 6) is 0.433. The lowest BCUT2D eigenvalue weighted by Crippen LogP contribution is -2.37. The van der Waals surface area contributed by atoms with Gasteiger partial charge in [0.15, 0.2) is 0 Å². The molecule has 1 fully saturated rings. The molecule has 0 bridgehead atoms. The summed E-state index contributed by atoms with van der Waals surface area (Å²) in [5.41, 5.74) is 0. The molecule has 4 heteroatoms. The summed E-state index contributed by atoms with van der Waals surface area (Å²) in [6.07, 6.45) is 3.33. The van der Waals surface area contributed by atoms with E-state index in [2.05, 4.69) is 13.8 Å². The first-order valence-electron chi connectivity index (χ1n) is 4.39. The summed E-state index contributed by atoms with van der Waals surface area (Å²) in [6.45, 7) is 4.87. The third-order valence-corrected chi connectivity index (χ3v) is 3.75. The van der Waals surface area contributed by atoms with Gasteiger partial charge in [0.25, 0.3) is 0 Å². The predicted octanol–water partition coefficient (Wildman–Crippen LogP) is 1.07. The van der Waals surface area contributed by atoms with Gasteiger partial charge >= 0.3 is 0 Å². The lowest BCUT2D eigenvalue weighted by atomic mass is 10.0. The van der Waals surface area contributed by atoms with E-state index in [4.69, 9.17) is 0 Å². The maximum atomic E-state index is 11.3. The molecule has 3 nitrogen and oxygen atoms in total. The minimum absolute atomic E-state index is 0.236. The summed E-state index contributed by atoms with van der Waals surface area (Å²) < 4.78 is 24.2. The van der Waals surface area contributed by atoms with Crippen LogP contribution in [-0.2, 0) is 10.0 Å². The van der Waals surface area contributed by atoms with E-state index in [1.807, 2.05) is 0 Å². The van der Waals surface area contributed by atoms with Crippen molar-refractivity contribution in [2.75, 3.05) is 12.8 Å². The first-order chi connectivity index (χ1) is 5.43. The second-order valence-electron chi connectivity index (χ2n) is 3.83. The molecule has 1 rings (SSSR count). The lowest BCUT2D eigenvalue weighted by Gasteiger charge is -2.24. The largest absolute Gasteiger partial charge is 0.212 e. The molecule has 0 amide bonds. The first kappa shape index (κ1) is 9.99. The quantitative estimate of drug-likeness (QED) is 0.654. The Kier molecular flexibility index (Phi) is 2.78. The zero-order valence-corrected chi connectivity index (χ0v) is 8.76. The van der Waals surface area contributed by atoms with Gasteiger partial charge in [-0.2, -0.15) is 4.31 Å². The molecule has 1 aliphatic heterocycles. The topological polar surface area (TPSA) is 37.4 Å². The van der Waals surface area contributed by atoms with Gasteiger partial charge in [-0.3, -0.25) is 0 Å². The molecule has 0 aliphatic carbocycles. The first-order valence-corrected chi connectivity index (χ1v) is 6.24. The van der Waals surface area contributed by atoms with E-state index >= 15 is 0 Å². The van der Waals surface area contributed by atoms with Crippen LogP contribution in [-0.4, -0.2) is 31.6 Å². The van der Waals surface area contributed by atoms with Gasteiger partial charge in [-0.15, -0.1) is 0 Å². The zero-order valence-electron chi connectivity index (χ0n) is 7.95. The van der Waals surface area contributed by atoms with E-state index in [1.165, 1.54) is 6.26 Å². The highest BCUT2D eigenvalue weighted by Crippen LogP contribution is 2.25. The summed E-state index contributed by atoms with van der Waals surface area (Å²) >= 11 is 0. The highest BCUT2D eigenvalue weighted by atomic mass is 32.2. The van der Waals surface area contributed by atoms with Crippen LogP contribution in [0.25, 0.3) is 0 Å². The summed E-state index contributed by atoms with van der Waals surface area (Å²) in [6, 6.07) is 0.236. The van der Waals surface area contributed by atoms with Crippen molar-refractivity contribution in [2.24, 2.45) is 5.92 Å². The molecule has 1 atom stereocenters. The Morgan fingerprint density at radius 3 is 2.33 bits per heavy atom. The number of sulfonamides is 1. The molecule has 0 saturated carbocycles. The van der Waals surface area contributed by atoms with Crippen LogP contribution in [0.3, 0.4) is 0 Å². The average Bonchev–Trinajstić information content (AvgIpc) is 2.30. The van der Waals surface area contributed by atoms with Crippen molar-refractivity contribution in [3.63, 3.8) is 0 Å². The molecule has 0 unspecified atom stereocenters. The van der Waals surface area contributed by atoms with Crippen molar-refractivity contribution < 1.29 is 8.42 Å². The Hall–Kier alpha value is -0.0900. The Labute approximate surface area is 74.8 Å². The third kappa shape index (κ3) is 1.98. The SMILES string of the molecule is CC(C)[C@H]1CCCN1S(C)(=O)=O. The molecular formula is C8H17NO2S. The molecule has 1 heterocycles. The molecule has 0 spiro atoms. The van der Waals surface area contributed by atoms with Crippen molar-refractivity contribution in [3.05, 3.63) is 0 Å². The van der Waals surface area contributed by atoms with Gasteiger partial charge in [-0.25, -0.2) is 8.42 Å². The second-order valence-corrected chi connectivity index (χ2v) is 5.76. The van der Waals surface area contributed by atoms with Crippen LogP contribution >= 0.6 is 0 Å². The van der Waals surface area contributed by atoms with Crippen molar-refractivity contribution in [1.82, 2.24) is 4.31 Å². The Morgan fingerprint density at radius 2 is 2.00 bits per heavy atom. The molecule has 0 radical (unpaired) electrons. The maximum absolute atomic E-state index is 11.3. The number of nitrogens with zero attached hydrogens (tertiary/aromatic N) is 1. The van der Waals surface area contributed by atoms with E-state index in [0.717, 1.165) is 12.8 Å². The highest BCUT2D eigenvalue weighted by Gasteiger charge is 2.32. The van der Waals surface area contributed by atoms with E-state index < -0.39 is 10.0 Å². The Morgan fingerprint density at radius 1 is 1.42 bits per heavy atom. The molecule has 0 aromatic heterocycles. The Balaban J connectivity index is 2.78. The zero-order chi connectivity index (χ0) is 9.35. The minimum Gasteiger partial charge on any atom is -0.212 e. The number of rotatable bonds is 2. The fourth-order valence-electron chi connectivity index (χ4n) is 1.84. The fourth-order valence-corrected chi connectivity index (χ4v) is 3.15. The van der Waals surface area contributed by atoms with Gasteiger partial charge in [0.2, 0.25) is 10.0 Å². The smallest absolute Gasteiger partial charge is 0.211 e. The van der Waals surface area contributed by atoms with Gasteiger partial charge in [0.1, 0.15) is 0 Å². The van der Waals surface area contributed by atoms with E-state index in [1.54, 1.807) is 4.31 Å². The van der Waals surface area contributed by atoms with Gasteiger partial charge in [-0.1, -0.05) is 13.8 Å².